The zero-order valence-electron chi connectivity index (χ0n) is 21.4. The van der Waals surface area contributed by atoms with Crippen LogP contribution in [0, 0.1) is 0 Å². The van der Waals surface area contributed by atoms with Crippen LogP contribution in [0.4, 0.5) is 17.2 Å². The predicted octanol–water partition coefficient (Wildman–Crippen LogP) is 8.08. The number of azo groups is 1. The maximum absolute atomic E-state index is 12.5. The molecule has 7 nitrogen and oxygen atoms in total. The van der Waals surface area contributed by atoms with Gasteiger partial charge in [0, 0.05) is 6.20 Å². The van der Waals surface area contributed by atoms with Crippen molar-refractivity contribution in [3.8, 4) is 5.75 Å². The van der Waals surface area contributed by atoms with Crippen molar-refractivity contribution in [1.82, 2.24) is 4.98 Å². The summed E-state index contributed by atoms with van der Waals surface area (Å²) in [4.78, 5) is 4.08. The molecule has 2 N–H and O–H groups in total. The predicted molar refractivity (Wildman–Crippen MR) is 145 cm³/mol. The van der Waals surface area contributed by atoms with Gasteiger partial charge in [-0.15, -0.1) is 13.2 Å². The van der Waals surface area contributed by atoms with Crippen molar-refractivity contribution in [3.63, 3.8) is 0 Å². The summed E-state index contributed by atoms with van der Waals surface area (Å²) in [5.41, 5.74) is 2.80. The fourth-order valence-corrected chi connectivity index (χ4v) is 4.04. The highest BCUT2D eigenvalue weighted by Gasteiger charge is 2.16. The molecular formula is C27H36N4O3S. The van der Waals surface area contributed by atoms with E-state index in [0.717, 1.165) is 11.1 Å². The van der Waals surface area contributed by atoms with Gasteiger partial charge in [0.05, 0.1) is 16.3 Å². The minimum absolute atomic E-state index is 0.103. The van der Waals surface area contributed by atoms with Crippen LogP contribution in [-0.4, -0.2) is 18.5 Å². The third-order valence-corrected chi connectivity index (χ3v) is 6.10. The Hall–Kier alpha value is -3.52. The van der Waals surface area contributed by atoms with Crippen LogP contribution in [0.1, 0.15) is 64.5 Å². The van der Waals surface area contributed by atoms with Crippen molar-refractivity contribution in [2.75, 3.05) is 4.72 Å². The number of hydrogen-bond donors (Lipinski definition) is 2. The standard InChI is InChI=1S/C23H26N4O3S.C2H6.C2H4/c1-15(2)20-13-18(14-21(16(3)4)23(20)28)26-25-17-8-10-19(11-9-17)31(29,30)27-22-7-5-6-12-24-22;2*1-2/h5-16,28H,1-4H3,(H,24,27);1-2H3;1-2H2. The molecule has 3 aromatic rings. The molecule has 0 saturated carbocycles. The lowest BCUT2D eigenvalue weighted by atomic mass is 9.93. The van der Waals surface area contributed by atoms with Gasteiger partial charge in [-0.25, -0.2) is 13.4 Å². The average Bonchev–Trinajstić information content (AvgIpc) is 2.86. The fraction of sp³-hybridized carbons (Fsp3) is 0.296. The SMILES string of the molecule is C=C.CC.CC(C)c1cc(N=Nc2ccc(S(=O)(=O)Nc3ccccn3)cc2)cc(C(C)C)c1O. The number of phenolic OH excluding ortho intramolecular Hbond substituents is 1. The van der Waals surface area contributed by atoms with E-state index in [1.165, 1.54) is 18.3 Å². The number of aromatic nitrogens is 1. The van der Waals surface area contributed by atoms with E-state index in [4.69, 9.17) is 0 Å². The number of nitrogens with one attached hydrogen (secondary N) is 1. The Bertz CT molecular complexity index is 1160. The van der Waals surface area contributed by atoms with E-state index in [2.05, 4.69) is 33.1 Å². The van der Waals surface area contributed by atoms with Gasteiger partial charge in [-0.1, -0.05) is 47.6 Å². The van der Waals surface area contributed by atoms with E-state index >= 15 is 0 Å². The maximum atomic E-state index is 12.5. The van der Waals surface area contributed by atoms with Gasteiger partial charge in [0.2, 0.25) is 0 Å². The molecule has 0 saturated heterocycles. The topological polar surface area (TPSA) is 104 Å². The molecule has 1 aromatic heterocycles. The van der Waals surface area contributed by atoms with E-state index in [9.17, 15) is 13.5 Å². The van der Waals surface area contributed by atoms with Crippen LogP contribution in [0.2, 0.25) is 0 Å². The highest BCUT2D eigenvalue weighted by molar-refractivity contribution is 7.92. The molecule has 0 spiro atoms. The number of aromatic hydroxyl groups is 1. The molecule has 0 amide bonds. The largest absolute Gasteiger partial charge is 0.507 e. The number of rotatable bonds is 7. The lowest BCUT2D eigenvalue weighted by Crippen LogP contribution is -2.13. The number of sulfonamides is 1. The fourth-order valence-electron chi connectivity index (χ4n) is 3.03. The Morgan fingerprint density at radius 3 is 1.83 bits per heavy atom. The van der Waals surface area contributed by atoms with Crippen molar-refractivity contribution >= 4 is 27.2 Å². The maximum Gasteiger partial charge on any atom is 0.263 e. The summed E-state index contributed by atoms with van der Waals surface area (Å²) in [6, 6.07) is 14.7. The van der Waals surface area contributed by atoms with E-state index in [0.29, 0.717) is 17.1 Å². The van der Waals surface area contributed by atoms with Crippen LogP contribution in [0.3, 0.4) is 0 Å². The minimum atomic E-state index is -3.74. The third-order valence-electron chi connectivity index (χ3n) is 4.73. The van der Waals surface area contributed by atoms with Gasteiger partial charge in [-0.2, -0.15) is 10.2 Å². The minimum Gasteiger partial charge on any atom is -0.507 e. The molecule has 0 radical (unpaired) electrons. The van der Waals surface area contributed by atoms with E-state index in [-0.39, 0.29) is 22.5 Å². The Balaban J connectivity index is 0.00000145. The monoisotopic (exact) mass is 496 g/mol. The quantitative estimate of drug-likeness (QED) is 0.255. The van der Waals surface area contributed by atoms with Crippen LogP contribution in [-0.2, 0) is 10.0 Å². The summed E-state index contributed by atoms with van der Waals surface area (Å²) in [5, 5.41) is 19.0. The Morgan fingerprint density at radius 1 is 0.857 bits per heavy atom. The summed E-state index contributed by atoms with van der Waals surface area (Å²) in [6.45, 7) is 18.0. The molecule has 188 valence electrons. The molecule has 0 fully saturated rings. The van der Waals surface area contributed by atoms with E-state index in [1.807, 2.05) is 53.7 Å². The van der Waals surface area contributed by atoms with Gasteiger partial charge in [-0.05, 0) is 71.5 Å². The van der Waals surface area contributed by atoms with E-state index in [1.54, 1.807) is 30.3 Å². The highest BCUT2D eigenvalue weighted by atomic mass is 32.2. The Labute approximate surface area is 209 Å². The first-order chi connectivity index (χ1) is 16.7. The van der Waals surface area contributed by atoms with Crippen LogP contribution < -0.4 is 4.72 Å². The second-order valence-corrected chi connectivity index (χ2v) is 9.48. The number of benzene rings is 2. The van der Waals surface area contributed by atoms with Gasteiger partial charge in [0.1, 0.15) is 11.6 Å². The Morgan fingerprint density at radius 2 is 1.37 bits per heavy atom. The molecule has 3 rings (SSSR count). The molecule has 8 heteroatoms. The van der Waals surface area contributed by atoms with Crippen LogP contribution in [0.5, 0.6) is 5.75 Å². The van der Waals surface area contributed by atoms with Crippen molar-refractivity contribution in [1.29, 1.82) is 0 Å². The van der Waals surface area contributed by atoms with Crippen molar-refractivity contribution < 1.29 is 13.5 Å². The van der Waals surface area contributed by atoms with Gasteiger partial charge < -0.3 is 5.11 Å². The first-order valence-electron chi connectivity index (χ1n) is 11.5. The molecule has 0 aliphatic heterocycles. The molecule has 0 aliphatic rings. The molecule has 2 aromatic carbocycles. The van der Waals surface area contributed by atoms with Crippen molar-refractivity contribution in [2.24, 2.45) is 10.2 Å². The van der Waals surface area contributed by atoms with E-state index < -0.39 is 10.0 Å². The normalized spacial score (nSPS) is 11.0. The lowest BCUT2D eigenvalue weighted by molar-refractivity contribution is 0.454. The van der Waals surface area contributed by atoms with Crippen LogP contribution in [0.15, 0.2) is 89.1 Å². The number of anilines is 1. The first kappa shape index (κ1) is 29.5. The highest BCUT2D eigenvalue weighted by Crippen LogP contribution is 2.37. The second kappa shape index (κ2) is 14.0. The molecule has 0 atom stereocenters. The number of pyridine rings is 1. The Kier molecular flexibility index (Phi) is 11.8. The summed E-state index contributed by atoms with van der Waals surface area (Å²) >= 11 is 0. The van der Waals surface area contributed by atoms with Crippen LogP contribution >= 0.6 is 0 Å². The van der Waals surface area contributed by atoms with Crippen molar-refractivity contribution in [3.05, 3.63) is 85.1 Å². The smallest absolute Gasteiger partial charge is 0.263 e. The summed E-state index contributed by atoms with van der Waals surface area (Å²) in [6.07, 6.45) is 1.51. The summed E-state index contributed by atoms with van der Waals surface area (Å²) < 4.78 is 27.4. The summed E-state index contributed by atoms with van der Waals surface area (Å²) in [5.74, 6) is 0.840. The zero-order chi connectivity index (χ0) is 26.6. The van der Waals surface area contributed by atoms with Gasteiger partial charge in [0.15, 0.2) is 0 Å². The number of nitrogens with zero attached hydrogens (tertiary/aromatic N) is 3. The van der Waals surface area contributed by atoms with Gasteiger partial charge in [0.25, 0.3) is 10.0 Å². The zero-order valence-corrected chi connectivity index (χ0v) is 22.2. The van der Waals surface area contributed by atoms with Gasteiger partial charge >= 0.3 is 0 Å². The third kappa shape index (κ3) is 8.33. The second-order valence-electron chi connectivity index (χ2n) is 7.80. The van der Waals surface area contributed by atoms with Gasteiger partial charge in [-0.3, -0.25) is 4.72 Å². The average molecular weight is 497 g/mol. The molecular weight excluding hydrogens is 460 g/mol. The number of hydrogen-bond acceptors (Lipinski definition) is 6. The molecule has 0 aliphatic carbocycles. The molecule has 35 heavy (non-hydrogen) atoms. The molecule has 0 bridgehead atoms. The van der Waals surface area contributed by atoms with Crippen molar-refractivity contribution in [2.45, 2.75) is 58.3 Å². The van der Waals surface area contributed by atoms with Crippen LogP contribution in [0.25, 0.3) is 0 Å². The lowest BCUT2D eigenvalue weighted by Gasteiger charge is -2.15. The number of phenols is 1. The summed E-state index contributed by atoms with van der Waals surface area (Å²) in [7, 11) is -3.74. The molecule has 0 unspecified atom stereocenters. The molecule has 1 heterocycles. The first-order valence-corrected chi connectivity index (χ1v) is 13.0.